The molecule has 1 fully saturated rings. The van der Waals surface area contributed by atoms with Crippen molar-refractivity contribution in [3.05, 3.63) is 42.6 Å². The number of rotatable bonds is 6. The fourth-order valence-corrected chi connectivity index (χ4v) is 3.51. The third-order valence-electron chi connectivity index (χ3n) is 5.13. The quantitative estimate of drug-likeness (QED) is 0.755. The van der Waals surface area contributed by atoms with Crippen LogP contribution in [-0.4, -0.2) is 60.3 Å². The second-order valence-corrected chi connectivity index (χ2v) is 7.50. The van der Waals surface area contributed by atoms with E-state index in [9.17, 15) is 14.4 Å². The molecule has 8 nitrogen and oxygen atoms in total. The lowest BCUT2D eigenvalue weighted by Crippen LogP contribution is -2.52. The Bertz CT molecular complexity index is 836. The predicted molar refractivity (Wildman–Crippen MR) is 111 cm³/mol. The van der Waals surface area contributed by atoms with Crippen LogP contribution in [0.1, 0.15) is 19.8 Å². The standard InChI is InChI=1S/C21H27N5O3/c1-14(23-19(27)15-7-4-5-8-15)21(29)26-12-6-9-17(26)20(28)24-18-13-16(25(2)3)10-11-22-18/h4-5,7-8,10-11,13-15,17H,6,9,12H2,1-3H3,(H,23,27)(H,22,24,28)/t14-,17-/m0/s1. The molecule has 8 heteroatoms. The van der Waals surface area contributed by atoms with Gasteiger partial charge in [0, 0.05) is 38.6 Å². The summed E-state index contributed by atoms with van der Waals surface area (Å²) in [6.07, 6.45) is 10.1. The fourth-order valence-electron chi connectivity index (χ4n) is 3.51. The molecule has 1 saturated heterocycles. The second-order valence-electron chi connectivity index (χ2n) is 7.50. The van der Waals surface area contributed by atoms with Crippen LogP contribution >= 0.6 is 0 Å². The first-order chi connectivity index (χ1) is 13.9. The Morgan fingerprint density at radius 1 is 1.21 bits per heavy atom. The topological polar surface area (TPSA) is 94.6 Å². The van der Waals surface area contributed by atoms with Gasteiger partial charge in [-0.3, -0.25) is 14.4 Å². The summed E-state index contributed by atoms with van der Waals surface area (Å²) in [5, 5.41) is 5.56. The molecule has 29 heavy (non-hydrogen) atoms. The van der Waals surface area contributed by atoms with Gasteiger partial charge in [0.05, 0.1) is 5.92 Å². The number of carbonyl (C=O) groups excluding carboxylic acids is 3. The molecule has 0 saturated carbocycles. The summed E-state index contributed by atoms with van der Waals surface area (Å²) in [5.74, 6) is -0.642. The van der Waals surface area contributed by atoms with Gasteiger partial charge in [-0.15, -0.1) is 0 Å². The van der Waals surface area contributed by atoms with E-state index >= 15 is 0 Å². The highest BCUT2D eigenvalue weighted by Gasteiger charge is 2.36. The molecule has 0 radical (unpaired) electrons. The van der Waals surface area contributed by atoms with Crippen LogP contribution in [-0.2, 0) is 14.4 Å². The molecule has 1 aromatic heterocycles. The van der Waals surface area contributed by atoms with Crippen molar-refractivity contribution in [3.8, 4) is 0 Å². The molecule has 3 amide bonds. The minimum absolute atomic E-state index is 0.222. The lowest BCUT2D eigenvalue weighted by atomic mass is 10.1. The summed E-state index contributed by atoms with van der Waals surface area (Å²) in [4.78, 5) is 45.6. The number of hydrogen-bond donors (Lipinski definition) is 2. The molecule has 2 N–H and O–H groups in total. The number of pyridine rings is 1. The molecule has 0 bridgehead atoms. The molecule has 1 aliphatic carbocycles. The summed E-state index contributed by atoms with van der Waals surface area (Å²) in [6, 6.07) is 2.36. The molecular weight excluding hydrogens is 370 g/mol. The Morgan fingerprint density at radius 3 is 2.62 bits per heavy atom. The average Bonchev–Trinajstić information content (AvgIpc) is 3.39. The van der Waals surface area contributed by atoms with E-state index in [0.717, 1.165) is 12.1 Å². The zero-order valence-corrected chi connectivity index (χ0v) is 17.0. The molecule has 2 atom stereocenters. The molecule has 2 aliphatic rings. The van der Waals surface area contributed by atoms with Crippen LogP contribution in [0.15, 0.2) is 42.6 Å². The number of nitrogens with one attached hydrogen (secondary N) is 2. The van der Waals surface area contributed by atoms with E-state index in [1.54, 1.807) is 48.4 Å². The number of hydrogen-bond acceptors (Lipinski definition) is 5. The Hall–Kier alpha value is -3.16. The van der Waals surface area contributed by atoms with Crippen molar-refractivity contribution in [1.82, 2.24) is 15.2 Å². The van der Waals surface area contributed by atoms with Gasteiger partial charge in [-0.05, 0) is 25.8 Å². The van der Waals surface area contributed by atoms with Crippen LogP contribution in [0.5, 0.6) is 0 Å². The van der Waals surface area contributed by atoms with Crippen LogP contribution in [0.4, 0.5) is 11.5 Å². The van der Waals surface area contributed by atoms with Crippen LogP contribution < -0.4 is 15.5 Å². The monoisotopic (exact) mass is 397 g/mol. The van der Waals surface area contributed by atoms with Gasteiger partial charge in [0.15, 0.2) is 0 Å². The summed E-state index contributed by atoms with van der Waals surface area (Å²) in [7, 11) is 3.82. The molecule has 1 aliphatic heterocycles. The number of likely N-dealkylation sites (tertiary alicyclic amines) is 1. The largest absolute Gasteiger partial charge is 0.378 e. The maximum absolute atomic E-state index is 12.9. The Kier molecular flexibility index (Phi) is 6.31. The van der Waals surface area contributed by atoms with Crippen molar-refractivity contribution in [1.29, 1.82) is 0 Å². The normalized spacial score (nSPS) is 19.3. The van der Waals surface area contributed by atoms with E-state index < -0.39 is 12.1 Å². The van der Waals surface area contributed by atoms with E-state index in [1.807, 2.05) is 25.1 Å². The summed E-state index contributed by atoms with van der Waals surface area (Å²) in [5.41, 5.74) is 0.918. The van der Waals surface area contributed by atoms with E-state index in [0.29, 0.717) is 18.8 Å². The number of allylic oxidation sites excluding steroid dienone is 2. The highest BCUT2D eigenvalue weighted by atomic mass is 16.2. The third kappa shape index (κ3) is 4.82. The van der Waals surface area contributed by atoms with E-state index in [4.69, 9.17) is 0 Å². The molecule has 3 rings (SSSR count). The lowest BCUT2D eigenvalue weighted by molar-refractivity contribution is -0.139. The molecule has 154 valence electrons. The summed E-state index contributed by atoms with van der Waals surface area (Å²) in [6.45, 7) is 2.14. The Balaban J connectivity index is 1.62. The number of anilines is 2. The molecule has 0 aromatic carbocycles. The maximum atomic E-state index is 12.9. The van der Waals surface area contributed by atoms with Crippen molar-refractivity contribution < 1.29 is 14.4 Å². The first-order valence-electron chi connectivity index (χ1n) is 9.77. The summed E-state index contributed by atoms with van der Waals surface area (Å²) >= 11 is 0. The average molecular weight is 397 g/mol. The Labute approximate surface area is 170 Å². The molecule has 0 spiro atoms. The van der Waals surface area contributed by atoms with E-state index in [2.05, 4.69) is 15.6 Å². The fraction of sp³-hybridized carbons (Fsp3) is 0.429. The molecule has 1 aromatic rings. The molecule has 2 heterocycles. The lowest BCUT2D eigenvalue weighted by Gasteiger charge is -2.27. The summed E-state index contributed by atoms with van der Waals surface area (Å²) < 4.78 is 0. The zero-order valence-electron chi connectivity index (χ0n) is 17.0. The Morgan fingerprint density at radius 2 is 1.93 bits per heavy atom. The van der Waals surface area contributed by atoms with Gasteiger partial charge in [0.2, 0.25) is 17.7 Å². The number of aromatic nitrogens is 1. The minimum atomic E-state index is -0.700. The number of amides is 3. The SMILES string of the molecule is C[C@H](NC(=O)C1C=CC=C1)C(=O)N1CCC[C@H]1C(=O)Nc1cc(N(C)C)ccn1. The van der Waals surface area contributed by atoms with Crippen molar-refractivity contribution >= 4 is 29.2 Å². The van der Waals surface area contributed by atoms with Crippen molar-refractivity contribution in [2.75, 3.05) is 30.9 Å². The first-order valence-corrected chi connectivity index (χ1v) is 9.77. The van der Waals surface area contributed by atoms with Gasteiger partial charge in [0.1, 0.15) is 17.9 Å². The molecular formula is C21H27N5O3. The van der Waals surface area contributed by atoms with Gasteiger partial charge in [-0.2, -0.15) is 0 Å². The van der Waals surface area contributed by atoms with Crippen LogP contribution in [0, 0.1) is 5.92 Å². The van der Waals surface area contributed by atoms with Gasteiger partial charge in [0.25, 0.3) is 0 Å². The number of carbonyl (C=O) groups is 3. The van der Waals surface area contributed by atoms with Gasteiger partial charge >= 0.3 is 0 Å². The zero-order chi connectivity index (χ0) is 21.0. The van der Waals surface area contributed by atoms with Gasteiger partial charge in [-0.1, -0.05) is 24.3 Å². The minimum Gasteiger partial charge on any atom is -0.378 e. The first kappa shape index (κ1) is 20.6. The van der Waals surface area contributed by atoms with Crippen molar-refractivity contribution in [3.63, 3.8) is 0 Å². The van der Waals surface area contributed by atoms with E-state index in [1.165, 1.54) is 0 Å². The van der Waals surface area contributed by atoms with Gasteiger partial charge < -0.3 is 20.4 Å². The molecule has 0 unspecified atom stereocenters. The van der Waals surface area contributed by atoms with Crippen LogP contribution in [0.2, 0.25) is 0 Å². The van der Waals surface area contributed by atoms with Crippen LogP contribution in [0.3, 0.4) is 0 Å². The third-order valence-corrected chi connectivity index (χ3v) is 5.13. The van der Waals surface area contributed by atoms with E-state index in [-0.39, 0.29) is 23.6 Å². The smallest absolute Gasteiger partial charge is 0.248 e. The second kappa shape index (κ2) is 8.89. The highest BCUT2D eigenvalue weighted by molar-refractivity contribution is 5.98. The highest BCUT2D eigenvalue weighted by Crippen LogP contribution is 2.21. The van der Waals surface area contributed by atoms with Gasteiger partial charge in [-0.25, -0.2) is 4.98 Å². The maximum Gasteiger partial charge on any atom is 0.248 e. The number of nitrogens with zero attached hydrogens (tertiary/aromatic N) is 3. The van der Waals surface area contributed by atoms with Crippen molar-refractivity contribution in [2.45, 2.75) is 31.8 Å². The van der Waals surface area contributed by atoms with Crippen molar-refractivity contribution in [2.24, 2.45) is 5.92 Å². The van der Waals surface area contributed by atoms with Crippen LogP contribution in [0.25, 0.3) is 0 Å². The predicted octanol–water partition coefficient (Wildman–Crippen LogP) is 1.32.